The number of rotatable bonds is 8. The molecule has 0 radical (unpaired) electrons. The number of hydrogen-bond donors (Lipinski definition) is 2. The summed E-state index contributed by atoms with van der Waals surface area (Å²) in [5, 5.41) is 11.7. The van der Waals surface area contributed by atoms with Crippen molar-refractivity contribution in [3.05, 3.63) is 35.1 Å². The Bertz CT molecular complexity index is 464. The monoisotopic (exact) mass is 296 g/mol. The maximum absolute atomic E-state index is 13.2. The number of halogens is 1. The smallest absolute Gasteiger partial charge is 0.234 e. The predicted octanol–water partition coefficient (Wildman–Crippen LogP) is 1.84. The highest BCUT2D eigenvalue weighted by Crippen LogP contribution is 2.09. The molecule has 0 unspecified atom stereocenters. The molecule has 1 aromatic carbocycles. The van der Waals surface area contributed by atoms with E-state index >= 15 is 0 Å². The molecule has 0 saturated heterocycles. The first-order valence-corrected chi connectivity index (χ1v) is 7.30. The van der Waals surface area contributed by atoms with Crippen LogP contribution in [0.1, 0.15) is 31.4 Å². The first-order chi connectivity index (χ1) is 9.93. The van der Waals surface area contributed by atoms with Gasteiger partial charge in [-0.3, -0.25) is 9.69 Å². The quantitative estimate of drug-likeness (QED) is 0.770. The van der Waals surface area contributed by atoms with Gasteiger partial charge in [-0.1, -0.05) is 12.1 Å². The van der Waals surface area contributed by atoms with Crippen LogP contribution in [0.4, 0.5) is 4.39 Å². The van der Waals surface area contributed by atoms with Crippen LogP contribution in [0.25, 0.3) is 0 Å². The second kappa shape index (κ2) is 8.74. The molecular weight excluding hydrogens is 271 g/mol. The largest absolute Gasteiger partial charge is 0.396 e. The van der Waals surface area contributed by atoms with Crippen molar-refractivity contribution in [2.45, 2.75) is 39.8 Å². The van der Waals surface area contributed by atoms with E-state index in [-0.39, 0.29) is 24.4 Å². The van der Waals surface area contributed by atoms with Crippen LogP contribution in [0, 0.1) is 12.7 Å². The summed E-state index contributed by atoms with van der Waals surface area (Å²) < 4.78 is 13.2. The van der Waals surface area contributed by atoms with Crippen molar-refractivity contribution in [1.29, 1.82) is 0 Å². The van der Waals surface area contributed by atoms with E-state index in [1.807, 2.05) is 18.7 Å². The molecule has 0 fully saturated rings. The number of benzene rings is 1. The Morgan fingerprint density at radius 2 is 2.14 bits per heavy atom. The molecule has 0 heterocycles. The second-order valence-electron chi connectivity index (χ2n) is 5.50. The molecule has 0 spiro atoms. The van der Waals surface area contributed by atoms with Crippen LogP contribution in [0.15, 0.2) is 18.2 Å². The van der Waals surface area contributed by atoms with Gasteiger partial charge in [0.1, 0.15) is 5.82 Å². The molecule has 1 rings (SSSR count). The van der Waals surface area contributed by atoms with Crippen LogP contribution < -0.4 is 5.32 Å². The van der Waals surface area contributed by atoms with E-state index in [2.05, 4.69) is 5.32 Å². The summed E-state index contributed by atoms with van der Waals surface area (Å²) in [6, 6.07) is 5.07. The number of aliphatic hydroxyl groups is 1. The molecule has 0 aromatic heterocycles. The molecule has 0 atom stereocenters. The highest BCUT2D eigenvalue weighted by molar-refractivity contribution is 5.78. The zero-order valence-electron chi connectivity index (χ0n) is 13.0. The molecule has 0 aliphatic rings. The first kappa shape index (κ1) is 17.6. The molecule has 2 N–H and O–H groups in total. The van der Waals surface area contributed by atoms with Crippen LogP contribution in [0.2, 0.25) is 0 Å². The van der Waals surface area contributed by atoms with Crippen molar-refractivity contribution < 1.29 is 14.3 Å². The predicted molar refractivity (Wildman–Crippen MR) is 81.4 cm³/mol. The zero-order chi connectivity index (χ0) is 15.8. The Morgan fingerprint density at radius 3 is 2.71 bits per heavy atom. The van der Waals surface area contributed by atoms with Gasteiger partial charge in [0, 0.05) is 25.7 Å². The fraction of sp³-hybridized carbons (Fsp3) is 0.562. The Morgan fingerprint density at radius 1 is 1.43 bits per heavy atom. The number of aryl methyl sites for hydroxylation is 1. The number of carbonyl (C=O) groups is 1. The van der Waals surface area contributed by atoms with Crippen molar-refractivity contribution in [1.82, 2.24) is 10.2 Å². The molecule has 118 valence electrons. The molecule has 1 amide bonds. The molecular formula is C16H25FN2O2. The molecule has 0 saturated carbocycles. The first-order valence-electron chi connectivity index (χ1n) is 7.30. The average Bonchev–Trinajstić information content (AvgIpc) is 2.44. The van der Waals surface area contributed by atoms with Gasteiger partial charge in [-0.05, 0) is 44.4 Å². The van der Waals surface area contributed by atoms with Crippen LogP contribution in [-0.2, 0) is 11.3 Å². The van der Waals surface area contributed by atoms with Crippen molar-refractivity contribution in [2.24, 2.45) is 0 Å². The number of nitrogens with one attached hydrogen (secondary N) is 1. The Labute approximate surface area is 126 Å². The lowest BCUT2D eigenvalue weighted by Crippen LogP contribution is -2.41. The lowest BCUT2D eigenvalue weighted by atomic mass is 10.1. The van der Waals surface area contributed by atoms with Crippen molar-refractivity contribution >= 4 is 5.91 Å². The minimum Gasteiger partial charge on any atom is -0.396 e. The van der Waals surface area contributed by atoms with Gasteiger partial charge in [0.05, 0.1) is 6.54 Å². The third kappa shape index (κ3) is 6.23. The van der Waals surface area contributed by atoms with Gasteiger partial charge in [0.2, 0.25) is 5.91 Å². The van der Waals surface area contributed by atoms with E-state index in [4.69, 9.17) is 5.11 Å². The van der Waals surface area contributed by atoms with E-state index in [9.17, 15) is 9.18 Å². The summed E-state index contributed by atoms with van der Waals surface area (Å²) in [7, 11) is 0. The van der Waals surface area contributed by atoms with Gasteiger partial charge in [-0.15, -0.1) is 0 Å². The number of carbonyl (C=O) groups excluding carboxylic acids is 1. The number of nitrogens with zero attached hydrogens (tertiary/aromatic N) is 1. The van der Waals surface area contributed by atoms with Crippen LogP contribution in [-0.4, -0.2) is 41.7 Å². The van der Waals surface area contributed by atoms with Gasteiger partial charge in [-0.25, -0.2) is 4.39 Å². The normalized spacial score (nSPS) is 11.2. The van der Waals surface area contributed by atoms with Crippen LogP contribution >= 0.6 is 0 Å². The zero-order valence-corrected chi connectivity index (χ0v) is 13.0. The number of aliphatic hydroxyl groups excluding tert-OH is 1. The lowest BCUT2D eigenvalue weighted by Gasteiger charge is -2.25. The maximum Gasteiger partial charge on any atom is 0.234 e. The Hall–Kier alpha value is -1.46. The third-order valence-electron chi connectivity index (χ3n) is 3.39. The minimum atomic E-state index is -0.236. The summed E-state index contributed by atoms with van der Waals surface area (Å²) in [5.74, 6) is -0.302. The SMILES string of the molecule is Cc1cc(CNC(=O)CN(CCCO)C(C)C)ccc1F. The van der Waals surface area contributed by atoms with E-state index in [1.54, 1.807) is 19.1 Å². The molecule has 4 nitrogen and oxygen atoms in total. The second-order valence-corrected chi connectivity index (χ2v) is 5.50. The molecule has 0 bridgehead atoms. The third-order valence-corrected chi connectivity index (χ3v) is 3.39. The molecule has 1 aromatic rings. The topological polar surface area (TPSA) is 52.6 Å². The Kier molecular flexibility index (Phi) is 7.32. The Balaban J connectivity index is 2.46. The summed E-state index contributed by atoms with van der Waals surface area (Å²) in [6.45, 7) is 7.26. The summed E-state index contributed by atoms with van der Waals surface area (Å²) in [5.41, 5.74) is 1.46. The molecule has 5 heteroatoms. The average molecular weight is 296 g/mol. The van der Waals surface area contributed by atoms with Gasteiger partial charge < -0.3 is 10.4 Å². The van der Waals surface area contributed by atoms with E-state index in [0.29, 0.717) is 31.6 Å². The lowest BCUT2D eigenvalue weighted by molar-refractivity contribution is -0.122. The molecule has 0 aliphatic carbocycles. The van der Waals surface area contributed by atoms with Gasteiger partial charge >= 0.3 is 0 Å². The van der Waals surface area contributed by atoms with Crippen molar-refractivity contribution in [2.75, 3.05) is 19.7 Å². The minimum absolute atomic E-state index is 0.0661. The maximum atomic E-state index is 13.2. The van der Waals surface area contributed by atoms with Gasteiger partial charge in [0.15, 0.2) is 0 Å². The van der Waals surface area contributed by atoms with Gasteiger partial charge in [-0.2, -0.15) is 0 Å². The van der Waals surface area contributed by atoms with Crippen LogP contribution in [0.5, 0.6) is 0 Å². The number of amides is 1. The van der Waals surface area contributed by atoms with Crippen molar-refractivity contribution in [3.63, 3.8) is 0 Å². The fourth-order valence-electron chi connectivity index (χ4n) is 2.05. The van der Waals surface area contributed by atoms with Crippen molar-refractivity contribution in [3.8, 4) is 0 Å². The summed E-state index contributed by atoms with van der Waals surface area (Å²) in [6.07, 6.45) is 0.655. The van der Waals surface area contributed by atoms with Crippen LogP contribution in [0.3, 0.4) is 0 Å². The summed E-state index contributed by atoms with van der Waals surface area (Å²) in [4.78, 5) is 14.0. The fourth-order valence-corrected chi connectivity index (χ4v) is 2.05. The number of hydrogen-bond acceptors (Lipinski definition) is 3. The van der Waals surface area contributed by atoms with Gasteiger partial charge in [0.25, 0.3) is 0 Å². The molecule has 0 aliphatic heterocycles. The van der Waals surface area contributed by atoms with E-state index in [0.717, 1.165) is 5.56 Å². The highest BCUT2D eigenvalue weighted by atomic mass is 19.1. The standard InChI is InChI=1S/C16H25FN2O2/c1-12(2)19(7-4-8-20)11-16(21)18-10-14-5-6-15(17)13(3)9-14/h5-6,9,12,20H,4,7-8,10-11H2,1-3H3,(H,18,21). The van der Waals surface area contributed by atoms with E-state index < -0.39 is 0 Å². The summed E-state index contributed by atoms with van der Waals surface area (Å²) >= 11 is 0. The van der Waals surface area contributed by atoms with E-state index in [1.165, 1.54) is 6.07 Å². The highest BCUT2D eigenvalue weighted by Gasteiger charge is 2.13. The molecule has 21 heavy (non-hydrogen) atoms.